The first-order valence-corrected chi connectivity index (χ1v) is 8.61. The molecular formula is C19H15ClF3NO2. The zero-order valence-corrected chi connectivity index (χ0v) is 14.7. The molecule has 0 N–H and O–H groups in total. The van der Waals surface area contributed by atoms with Crippen molar-refractivity contribution in [2.45, 2.75) is 20.0 Å². The van der Waals surface area contributed by atoms with Gasteiger partial charge in [0, 0.05) is 11.8 Å². The Morgan fingerprint density at radius 3 is 2.04 bits per heavy atom. The molecule has 4 rings (SSSR count). The summed E-state index contributed by atoms with van der Waals surface area (Å²) in [5, 5.41) is -0.464. The molecule has 1 saturated heterocycles. The number of hydrogen-bond acceptors (Lipinski definition) is 2. The zero-order chi connectivity index (χ0) is 19.0. The number of amides is 2. The molecule has 0 spiro atoms. The van der Waals surface area contributed by atoms with Crippen molar-refractivity contribution >= 4 is 29.1 Å². The van der Waals surface area contributed by atoms with E-state index in [9.17, 15) is 22.8 Å². The number of rotatable bonds is 1. The molecule has 1 heterocycles. The fraction of sp³-hybridized carbons (Fsp3) is 0.368. The van der Waals surface area contributed by atoms with Gasteiger partial charge in [-0.1, -0.05) is 34.9 Å². The van der Waals surface area contributed by atoms with E-state index in [1.54, 1.807) is 0 Å². The molecule has 7 heteroatoms. The normalized spacial score (nSPS) is 29.8. The van der Waals surface area contributed by atoms with Crippen LogP contribution in [0.4, 0.5) is 18.9 Å². The first-order valence-electron chi connectivity index (χ1n) is 8.23. The van der Waals surface area contributed by atoms with Gasteiger partial charge in [-0.25, -0.2) is 4.90 Å². The predicted octanol–water partition coefficient (Wildman–Crippen LogP) is 4.62. The summed E-state index contributed by atoms with van der Waals surface area (Å²) >= 11 is 5.64. The van der Waals surface area contributed by atoms with Crippen LogP contribution in [0.1, 0.15) is 19.4 Å². The van der Waals surface area contributed by atoms with Crippen LogP contribution in [0.5, 0.6) is 0 Å². The molecule has 3 aliphatic rings. The van der Waals surface area contributed by atoms with Crippen molar-refractivity contribution in [2.75, 3.05) is 4.90 Å². The minimum atomic E-state index is -4.66. The number of imide groups is 1. The Bertz CT molecular complexity index is 865. The maximum Gasteiger partial charge on any atom is 0.417 e. The number of fused-ring (bicyclic) bond motifs is 5. The summed E-state index contributed by atoms with van der Waals surface area (Å²) < 4.78 is 39.4. The Kier molecular flexibility index (Phi) is 3.64. The predicted molar refractivity (Wildman–Crippen MR) is 90.4 cm³/mol. The van der Waals surface area contributed by atoms with Crippen molar-refractivity contribution in [3.63, 3.8) is 0 Å². The van der Waals surface area contributed by atoms with Crippen LogP contribution in [-0.2, 0) is 15.8 Å². The number of nitrogens with zero attached hydrogens (tertiary/aromatic N) is 1. The average Bonchev–Trinajstić information content (AvgIpc) is 3.17. The van der Waals surface area contributed by atoms with E-state index in [4.69, 9.17) is 11.6 Å². The maximum atomic E-state index is 13.1. The van der Waals surface area contributed by atoms with Gasteiger partial charge >= 0.3 is 6.18 Å². The molecule has 4 atom stereocenters. The molecule has 2 amide bonds. The van der Waals surface area contributed by atoms with E-state index in [-0.39, 0.29) is 17.5 Å². The molecule has 2 fully saturated rings. The zero-order valence-electron chi connectivity index (χ0n) is 14.0. The second-order valence-corrected chi connectivity index (χ2v) is 7.52. The summed E-state index contributed by atoms with van der Waals surface area (Å²) in [5.74, 6) is -2.24. The first-order chi connectivity index (χ1) is 12.1. The Balaban J connectivity index is 1.76. The van der Waals surface area contributed by atoms with Crippen molar-refractivity contribution in [1.82, 2.24) is 0 Å². The quantitative estimate of drug-likeness (QED) is 0.526. The van der Waals surface area contributed by atoms with Crippen LogP contribution in [0.15, 0.2) is 41.5 Å². The molecule has 1 aromatic rings. The standard InChI is InChI=1S/C19H15ClF3NO2/c1-8(2)14-10-4-5-11(14)16-15(10)17(25)24(18(16)26)9-3-6-13(20)12(7-9)19(21,22)23/h3-7,10-11,15-16H,1-2H3/t10-,11-,15+,16+/m1/s1. The lowest BCUT2D eigenvalue weighted by Crippen LogP contribution is -2.33. The van der Waals surface area contributed by atoms with Crippen LogP contribution in [-0.4, -0.2) is 11.8 Å². The van der Waals surface area contributed by atoms with Gasteiger partial charge < -0.3 is 0 Å². The largest absolute Gasteiger partial charge is 0.417 e. The number of anilines is 1. The van der Waals surface area contributed by atoms with Gasteiger partial charge in [-0.15, -0.1) is 0 Å². The second-order valence-electron chi connectivity index (χ2n) is 7.12. The van der Waals surface area contributed by atoms with Crippen molar-refractivity contribution in [2.24, 2.45) is 23.7 Å². The third-order valence-corrected chi connectivity index (χ3v) is 5.84. The highest BCUT2D eigenvalue weighted by molar-refractivity contribution is 6.31. The molecule has 0 aromatic heterocycles. The Hall–Kier alpha value is -2.08. The third-order valence-electron chi connectivity index (χ3n) is 5.51. The van der Waals surface area contributed by atoms with Crippen LogP contribution < -0.4 is 4.90 Å². The molecule has 0 unspecified atom stereocenters. The van der Waals surface area contributed by atoms with Gasteiger partial charge in [-0.05, 0) is 32.0 Å². The molecule has 1 saturated carbocycles. The highest BCUT2D eigenvalue weighted by atomic mass is 35.5. The van der Waals surface area contributed by atoms with Crippen LogP contribution in [0, 0.1) is 23.7 Å². The summed E-state index contributed by atoms with van der Waals surface area (Å²) in [6.45, 7) is 3.90. The van der Waals surface area contributed by atoms with Crippen LogP contribution in [0.25, 0.3) is 0 Å². The lowest BCUT2D eigenvalue weighted by Gasteiger charge is -2.20. The molecule has 0 radical (unpaired) electrons. The fourth-order valence-electron chi connectivity index (χ4n) is 4.55. The highest BCUT2D eigenvalue weighted by Crippen LogP contribution is 2.57. The van der Waals surface area contributed by atoms with Crippen molar-refractivity contribution in [1.29, 1.82) is 0 Å². The van der Waals surface area contributed by atoms with Gasteiger partial charge in [0.2, 0.25) is 11.8 Å². The van der Waals surface area contributed by atoms with E-state index in [2.05, 4.69) is 0 Å². The Morgan fingerprint density at radius 2 is 1.58 bits per heavy atom. The number of hydrogen-bond donors (Lipinski definition) is 0. The molecule has 1 aliphatic heterocycles. The molecule has 2 aliphatic carbocycles. The lowest BCUT2D eigenvalue weighted by molar-refractivity contribution is -0.137. The number of benzene rings is 1. The monoisotopic (exact) mass is 381 g/mol. The van der Waals surface area contributed by atoms with Gasteiger partial charge in [-0.3, -0.25) is 9.59 Å². The molecular weight excluding hydrogens is 367 g/mol. The van der Waals surface area contributed by atoms with Gasteiger partial charge in [0.25, 0.3) is 0 Å². The fourth-order valence-corrected chi connectivity index (χ4v) is 4.78. The Morgan fingerprint density at radius 1 is 1.04 bits per heavy atom. The minimum absolute atomic E-state index is 0.0794. The molecule has 1 aromatic carbocycles. The number of alkyl halides is 3. The number of carbonyl (C=O) groups is 2. The second kappa shape index (κ2) is 5.46. The van der Waals surface area contributed by atoms with Gasteiger partial charge in [0.1, 0.15) is 0 Å². The van der Waals surface area contributed by atoms with Crippen LogP contribution in [0.2, 0.25) is 5.02 Å². The van der Waals surface area contributed by atoms with Gasteiger partial charge in [0.15, 0.2) is 0 Å². The topological polar surface area (TPSA) is 37.4 Å². The number of allylic oxidation sites excluding steroid dienone is 4. The number of carbonyl (C=O) groups excluding carboxylic acids is 2. The smallest absolute Gasteiger partial charge is 0.274 e. The van der Waals surface area contributed by atoms with Gasteiger partial charge in [-0.2, -0.15) is 13.2 Å². The minimum Gasteiger partial charge on any atom is -0.274 e. The lowest BCUT2D eigenvalue weighted by atomic mass is 9.85. The van der Waals surface area contributed by atoms with E-state index in [1.165, 1.54) is 6.07 Å². The van der Waals surface area contributed by atoms with Crippen LogP contribution >= 0.6 is 11.6 Å². The van der Waals surface area contributed by atoms with Crippen molar-refractivity contribution in [3.05, 3.63) is 52.1 Å². The van der Waals surface area contributed by atoms with E-state index >= 15 is 0 Å². The summed E-state index contributed by atoms with van der Waals surface area (Å²) in [5.41, 5.74) is 1.04. The summed E-state index contributed by atoms with van der Waals surface area (Å²) in [6, 6.07) is 3.13. The molecule has 136 valence electrons. The number of halogens is 4. The SMILES string of the molecule is CC(C)=C1[C@H]2C=C[C@H]1[C@@H]1C(=O)N(c3ccc(Cl)c(C(F)(F)F)c3)C(=O)[C@H]12. The molecule has 3 nitrogen and oxygen atoms in total. The van der Waals surface area contributed by atoms with E-state index in [0.717, 1.165) is 28.2 Å². The highest BCUT2D eigenvalue weighted by Gasteiger charge is 2.62. The Labute approximate surface area is 153 Å². The summed E-state index contributed by atoms with van der Waals surface area (Å²) in [7, 11) is 0. The maximum absolute atomic E-state index is 13.1. The first kappa shape index (κ1) is 17.3. The van der Waals surface area contributed by atoms with Crippen LogP contribution in [0.3, 0.4) is 0 Å². The third kappa shape index (κ3) is 2.21. The van der Waals surface area contributed by atoms with E-state index < -0.39 is 40.4 Å². The molecule has 2 bridgehead atoms. The van der Waals surface area contributed by atoms with E-state index in [1.807, 2.05) is 26.0 Å². The summed E-state index contributed by atoms with van der Waals surface area (Å²) in [6.07, 6.45) is -0.789. The van der Waals surface area contributed by atoms with Crippen molar-refractivity contribution in [3.8, 4) is 0 Å². The molecule has 26 heavy (non-hydrogen) atoms. The van der Waals surface area contributed by atoms with Gasteiger partial charge in [0.05, 0.1) is 28.1 Å². The van der Waals surface area contributed by atoms with Crippen molar-refractivity contribution < 1.29 is 22.8 Å². The average molecular weight is 382 g/mol. The van der Waals surface area contributed by atoms with E-state index in [0.29, 0.717) is 0 Å². The summed E-state index contributed by atoms with van der Waals surface area (Å²) in [4.78, 5) is 26.8.